The lowest BCUT2D eigenvalue weighted by Crippen LogP contribution is -2.46. The molecule has 0 aromatic heterocycles. The molecule has 0 bridgehead atoms. The van der Waals surface area contributed by atoms with Crippen LogP contribution in [0, 0.1) is 8.99 Å². The number of carbonyl (C=O) groups excluding carboxylic acids is 1. The topological polar surface area (TPSA) is 55.1 Å². The smallest absolute Gasteiger partial charge is 0.237 e. The molecule has 1 aromatic rings. The molecule has 0 aliphatic rings. The molecule has 0 aliphatic carbocycles. The first kappa shape index (κ1) is 17.4. The molecule has 0 heterocycles. The van der Waals surface area contributed by atoms with Crippen LogP contribution in [0.4, 0.5) is 5.69 Å². The molecule has 0 fully saturated rings. The minimum Gasteiger partial charge on any atom is -0.392 e. The number of hydrogen-bond donors (Lipinski definition) is 2. The van der Waals surface area contributed by atoms with Gasteiger partial charge in [-0.1, -0.05) is 51.0 Å². The maximum Gasteiger partial charge on any atom is 0.237 e. The highest BCUT2D eigenvalue weighted by molar-refractivity contribution is 14.1. The lowest BCUT2D eigenvalue weighted by Gasteiger charge is -2.31. The average Bonchev–Trinajstić information content (AvgIpc) is 2.40. The fourth-order valence-electron chi connectivity index (χ4n) is 2.37. The van der Waals surface area contributed by atoms with E-state index >= 15 is 0 Å². The van der Waals surface area contributed by atoms with E-state index in [0.29, 0.717) is 17.8 Å². The Morgan fingerprint density at radius 2 is 1.85 bits per heavy atom. The van der Waals surface area contributed by atoms with Crippen molar-refractivity contribution in [3.63, 3.8) is 0 Å². The van der Waals surface area contributed by atoms with E-state index in [4.69, 9.17) is 18.0 Å². The molecule has 20 heavy (non-hydrogen) atoms. The summed E-state index contributed by atoms with van der Waals surface area (Å²) in [5.74, 6) is -0.0854. The number of halogens is 1. The zero-order valence-corrected chi connectivity index (χ0v) is 14.9. The van der Waals surface area contributed by atoms with Gasteiger partial charge in [-0.2, -0.15) is 0 Å². The molecule has 3 nitrogen and oxygen atoms in total. The summed E-state index contributed by atoms with van der Waals surface area (Å²) in [5.41, 5.74) is 5.98. The highest BCUT2D eigenvalue weighted by atomic mass is 127. The van der Waals surface area contributed by atoms with Gasteiger partial charge in [0.2, 0.25) is 5.91 Å². The molecule has 0 radical (unpaired) electrons. The van der Waals surface area contributed by atoms with Crippen molar-refractivity contribution in [3.8, 4) is 0 Å². The second-order valence-corrected chi connectivity index (χ2v) is 6.48. The summed E-state index contributed by atoms with van der Waals surface area (Å²) in [6.45, 7) is 4.09. The van der Waals surface area contributed by atoms with Gasteiger partial charge in [-0.3, -0.25) is 4.79 Å². The molecule has 1 amide bonds. The molecule has 0 saturated heterocycles. The molecular formula is C15H21IN2OS. The van der Waals surface area contributed by atoms with Crippen LogP contribution in [0.25, 0.3) is 0 Å². The largest absolute Gasteiger partial charge is 0.392 e. The average molecular weight is 404 g/mol. The molecule has 110 valence electrons. The number of benzene rings is 1. The van der Waals surface area contributed by atoms with Crippen molar-refractivity contribution < 1.29 is 4.79 Å². The van der Waals surface area contributed by atoms with Gasteiger partial charge >= 0.3 is 0 Å². The van der Waals surface area contributed by atoms with Gasteiger partial charge in [0.15, 0.2) is 0 Å². The van der Waals surface area contributed by atoms with E-state index in [9.17, 15) is 4.79 Å². The number of anilines is 1. The van der Waals surface area contributed by atoms with Crippen LogP contribution >= 0.6 is 34.8 Å². The Balaban J connectivity index is 3.05. The van der Waals surface area contributed by atoms with Crippen LogP contribution in [0.1, 0.15) is 39.5 Å². The first-order valence-electron chi connectivity index (χ1n) is 6.83. The lowest BCUT2D eigenvalue weighted by atomic mass is 9.78. The lowest BCUT2D eigenvalue weighted by molar-refractivity contribution is -0.122. The molecule has 0 saturated carbocycles. The van der Waals surface area contributed by atoms with Crippen molar-refractivity contribution >= 4 is 51.4 Å². The Kier molecular flexibility index (Phi) is 6.88. The van der Waals surface area contributed by atoms with Crippen LogP contribution < -0.4 is 11.1 Å². The Labute approximate surface area is 139 Å². The fourth-order valence-corrected chi connectivity index (χ4v) is 3.19. The monoisotopic (exact) mass is 404 g/mol. The quantitative estimate of drug-likeness (QED) is 0.532. The SMILES string of the molecule is CCCC(CCC)(C(=O)Nc1ccccc1I)C(N)=S. The zero-order valence-electron chi connectivity index (χ0n) is 11.9. The van der Waals surface area contributed by atoms with Crippen molar-refractivity contribution in [2.75, 3.05) is 5.32 Å². The van der Waals surface area contributed by atoms with E-state index in [1.54, 1.807) is 0 Å². The van der Waals surface area contributed by atoms with Crippen molar-refractivity contribution in [2.45, 2.75) is 39.5 Å². The Morgan fingerprint density at radius 1 is 1.30 bits per heavy atom. The number of thiocarbonyl (C=S) groups is 1. The highest BCUT2D eigenvalue weighted by Crippen LogP contribution is 2.32. The molecule has 0 atom stereocenters. The fraction of sp³-hybridized carbons (Fsp3) is 0.467. The first-order chi connectivity index (χ1) is 9.47. The van der Waals surface area contributed by atoms with E-state index in [1.165, 1.54) is 0 Å². The van der Waals surface area contributed by atoms with E-state index in [-0.39, 0.29) is 5.91 Å². The number of nitrogens with two attached hydrogens (primary N) is 1. The van der Waals surface area contributed by atoms with Gasteiger partial charge in [0.05, 0.1) is 16.1 Å². The van der Waals surface area contributed by atoms with Crippen LogP contribution in [0.2, 0.25) is 0 Å². The van der Waals surface area contributed by atoms with E-state index in [1.807, 2.05) is 38.1 Å². The standard InChI is InChI=1S/C15H21IN2OS/c1-3-9-15(10-4-2,13(17)20)14(19)18-12-8-6-5-7-11(12)16/h5-8H,3-4,9-10H2,1-2H3,(H2,17,20)(H,18,19). The summed E-state index contributed by atoms with van der Waals surface area (Å²) < 4.78 is 1.00. The zero-order chi connectivity index (χ0) is 15.2. The van der Waals surface area contributed by atoms with Crippen LogP contribution in [0.3, 0.4) is 0 Å². The summed E-state index contributed by atoms with van der Waals surface area (Å²) in [7, 11) is 0. The number of rotatable bonds is 7. The van der Waals surface area contributed by atoms with Crippen LogP contribution in [0.5, 0.6) is 0 Å². The molecule has 1 rings (SSSR count). The predicted octanol–water partition coefficient (Wildman–Crippen LogP) is 4.10. The van der Waals surface area contributed by atoms with Crippen molar-refractivity contribution in [3.05, 3.63) is 27.8 Å². The van der Waals surface area contributed by atoms with Crippen LogP contribution in [-0.2, 0) is 4.79 Å². The third-order valence-corrected chi connectivity index (χ3v) is 4.71. The molecule has 0 aliphatic heterocycles. The van der Waals surface area contributed by atoms with Crippen LogP contribution in [-0.4, -0.2) is 10.9 Å². The summed E-state index contributed by atoms with van der Waals surface area (Å²) in [5, 5.41) is 2.99. The Morgan fingerprint density at radius 3 is 2.30 bits per heavy atom. The number of nitrogens with one attached hydrogen (secondary N) is 1. The molecular weight excluding hydrogens is 383 g/mol. The van der Waals surface area contributed by atoms with Gasteiger partial charge in [-0.15, -0.1) is 0 Å². The Bertz CT molecular complexity index is 485. The van der Waals surface area contributed by atoms with Crippen molar-refractivity contribution in [1.82, 2.24) is 0 Å². The van der Waals surface area contributed by atoms with Gasteiger partial charge in [-0.05, 0) is 47.6 Å². The van der Waals surface area contributed by atoms with Crippen molar-refractivity contribution in [1.29, 1.82) is 0 Å². The minimum atomic E-state index is -0.738. The minimum absolute atomic E-state index is 0.0854. The number of para-hydroxylation sites is 1. The molecule has 0 unspecified atom stereocenters. The molecule has 5 heteroatoms. The van der Waals surface area contributed by atoms with Gasteiger partial charge in [-0.25, -0.2) is 0 Å². The summed E-state index contributed by atoms with van der Waals surface area (Å²) in [6, 6.07) is 7.69. The molecule has 3 N–H and O–H groups in total. The van der Waals surface area contributed by atoms with Gasteiger partial charge < -0.3 is 11.1 Å². The third-order valence-electron chi connectivity index (χ3n) is 3.38. The van der Waals surface area contributed by atoms with Crippen molar-refractivity contribution in [2.24, 2.45) is 11.1 Å². The normalized spacial score (nSPS) is 11.2. The number of amides is 1. The summed E-state index contributed by atoms with van der Waals surface area (Å²) >= 11 is 7.40. The first-order valence-corrected chi connectivity index (χ1v) is 8.32. The molecule has 1 aromatic carbocycles. The van der Waals surface area contributed by atoms with E-state index in [0.717, 1.165) is 22.1 Å². The highest BCUT2D eigenvalue weighted by Gasteiger charge is 2.39. The maximum atomic E-state index is 12.7. The van der Waals surface area contributed by atoms with Gasteiger partial charge in [0, 0.05) is 3.57 Å². The summed E-state index contributed by atoms with van der Waals surface area (Å²) in [4.78, 5) is 13.0. The molecule has 0 spiro atoms. The van der Waals surface area contributed by atoms with E-state index in [2.05, 4.69) is 27.9 Å². The van der Waals surface area contributed by atoms with E-state index < -0.39 is 5.41 Å². The summed E-state index contributed by atoms with van der Waals surface area (Å²) in [6.07, 6.45) is 3.12. The van der Waals surface area contributed by atoms with Gasteiger partial charge in [0.25, 0.3) is 0 Å². The Hall–Kier alpha value is -0.690. The third kappa shape index (κ3) is 3.91. The number of hydrogen-bond acceptors (Lipinski definition) is 2. The van der Waals surface area contributed by atoms with Crippen LogP contribution in [0.15, 0.2) is 24.3 Å². The number of carbonyl (C=O) groups is 1. The predicted molar refractivity (Wildman–Crippen MR) is 96.8 cm³/mol. The second-order valence-electron chi connectivity index (χ2n) is 4.88. The second kappa shape index (κ2) is 7.93. The maximum absolute atomic E-state index is 12.7. The van der Waals surface area contributed by atoms with Gasteiger partial charge in [0.1, 0.15) is 0 Å².